The lowest BCUT2D eigenvalue weighted by Crippen LogP contribution is -2.54. The van der Waals surface area contributed by atoms with Crippen LogP contribution in [0.1, 0.15) is 19.4 Å². The molecule has 0 atom stereocenters. The van der Waals surface area contributed by atoms with E-state index in [9.17, 15) is 4.79 Å². The van der Waals surface area contributed by atoms with Gasteiger partial charge in [0, 0.05) is 53.4 Å². The molecular weight excluding hydrogens is 398 g/mol. The van der Waals surface area contributed by atoms with Crippen molar-refractivity contribution in [1.82, 2.24) is 20.4 Å². The molecule has 0 unspecified atom stereocenters. The van der Waals surface area contributed by atoms with Gasteiger partial charge in [0.15, 0.2) is 17.5 Å². The lowest BCUT2D eigenvalue weighted by atomic mass is 9.92. The monoisotopic (exact) mass is 435 g/mol. The third-order valence-electron chi connectivity index (χ3n) is 5.54. The van der Waals surface area contributed by atoms with Crippen molar-refractivity contribution in [3.8, 4) is 17.2 Å². The van der Waals surface area contributed by atoms with Crippen molar-refractivity contribution >= 4 is 11.9 Å². The second-order valence-corrected chi connectivity index (χ2v) is 8.16. The molecule has 1 aromatic rings. The Morgan fingerprint density at radius 2 is 1.65 bits per heavy atom. The van der Waals surface area contributed by atoms with Crippen LogP contribution in [0.2, 0.25) is 0 Å². The van der Waals surface area contributed by atoms with E-state index in [2.05, 4.69) is 25.4 Å². The number of nitrogens with one attached hydrogen (secondary N) is 2. The predicted octanol–water partition coefficient (Wildman–Crippen LogP) is 1.18. The second-order valence-electron chi connectivity index (χ2n) is 8.16. The van der Waals surface area contributed by atoms with Crippen molar-refractivity contribution in [1.29, 1.82) is 0 Å². The zero-order valence-corrected chi connectivity index (χ0v) is 19.9. The molecule has 2 N–H and O–H groups in total. The van der Waals surface area contributed by atoms with E-state index in [1.165, 1.54) is 0 Å². The molecule has 174 valence electrons. The Labute approximate surface area is 185 Å². The molecular formula is C22H37N5O4. The number of guanidine groups is 1. The van der Waals surface area contributed by atoms with Gasteiger partial charge in [0.1, 0.15) is 0 Å². The van der Waals surface area contributed by atoms with Gasteiger partial charge in [-0.2, -0.15) is 0 Å². The van der Waals surface area contributed by atoms with Crippen LogP contribution in [-0.4, -0.2) is 89.8 Å². The van der Waals surface area contributed by atoms with Crippen LogP contribution < -0.4 is 24.8 Å². The van der Waals surface area contributed by atoms with Crippen molar-refractivity contribution < 1.29 is 19.0 Å². The molecule has 0 aromatic heterocycles. The van der Waals surface area contributed by atoms with E-state index in [1.54, 1.807) is 35.4 Å². The minimum Gasteiger partial charge on any atom is -0.493 e. The van der Waals surface area contributed by atoms with Gasteiger partial charge in [-0.15, -0.1) is 0 Å². The second kappa shape index (κ2) is 11.1. The molecule has 0 radical (unpaired) electrons. The number of ether oxygens (including phenoxy) is 3. The molecule has 1 aromatic carbocycles. The average molecular weight is 436 g/mol. The molecule has 31 heavy (non-hydrogen) atoms. The lowest BCUT2D eigenvalue weighted by Gasteiger charge is -2.37. The van der Waals surface area contributed by atoms with Crippen LogP contribution in [0.25, 0.3) is 0 Å². The Morgan fingerprint density at radius 1 is 1.06 bits per heavy atom. The summed E-state index contributed by atoms with van der Waals surface area (Å²) >= 11 is 0. The van der Waals surface area contributed by atoms with Crippen molar-refractivity contribution in [2.24, 2.45) is 10.4 Å². The number of amides is 1. The van der Waals surface area contributed by atoms with Crippen LogP contribution in [0.3, 0.4) is 0 Å². The summed E-state index contributed by atoms with van der Waals surface area (Å²) in [6, 6.07) is 3.99. The maximum Gasteiger partial charge on any atom is 0.227 e. The molecule has 0 saturated carbocycles. The quantitative estimate of drug-likeness (QED) is 0.468. The van der Waals surface area contributed by atoms with Gasteiger partial charge in [0.2, 0.25) is 11.7 Å². The largest absolute Gasteiger partial charge is 0.493 e. The fraction of sp³-hybridized carbons (Fsp3) is 0.636. The number of hydrogen-bond donors (Lipinski definition) is 2. The van der Waals surface area contributed by atoms with Crippen molar-refractivity contribution in [3.63, 3.8) is 0 Å². The number of nitrogens with zero attached hydrogens (tertiary/aromatic N) is 3. The first-order valence-electron chi connectivity index (χ1n) is 10.5. The van der Waals surface area contributed by atoms with Gasteiger partial charge in [0.25, 0.3) is 0 Å². The third kappa shape index (κ3) is 6.16. The fourth-order valence-corrected chi connectivity index (χ4v) is 3.65. The van der Waals surface area contributed by atoms with E-state index in [4.69, 9.17) is 14.2 Å². The Morgan fingerprint density at radius 3 is 2.10 bits per heavy atom. The number of carbonyl (C=O) groups is 1. The summed E-state index contributed by atoms with van der Waals surface area (Å²) < 4.78 is 16.3. The molecule has 9 nitrogen and oxygen atoms in total. The number of methoxy groups -OCH3 is 3. The smallest absolute Gasteiger partial charge is 0.227 e. The van der Waals surface area contributed by atoms with Gasteiger partial charge in [-0.05, 0) is 31.5 Å². The van der Waals surface area contributed by atoms with Gasteiger partial charge >= 0.3 is 0 Å². The number of benzene rings is 1. The van der Waals surface area contributed by atoms with Gasteiger partial charge in [-0.25, -0.2) is 0 Å². The Balaban J connectivity index is 1.96. The Kier molecular flexibility index (Phi) is 8.79. The number of piperazine rings is 1. The van der Waals surface area contributed by atoms with Crippen LogP contribution in [0.15, 0.2) is 17.1 Å². The Hall–Kier alpha value is -2.68. The first-order chi connectivity index (χ1) is 14.8. The predicted molar refractivity (Wildman–Crippen MR) is 122 cm³/mol. The maximum absolute atomic E-state index is 12.0. The molecule has 0 bridgehead atoms. The molecule has 1 fully saturated rings. The maximum atomic E-state index is 12.0. The van der Waals surface area contributed by atoms with E-state index >= 15 is 0 Å². The number of aliphatic imine (C=N–C) groups is 1. The average Bonchev–Trinajstić information content (AvgIpc) is 2.78. The highest BCUT2D eigenvalue weighted by atomic mass is 16.5. The molecule has 2 rings (SSSR count). The summed E-state index contributed by atoms with van der Waals surface area (Å²) in [6.07, 6.45) is 0. The highest BCUT2D eigenvalue weighted by molar-refractivity contribution is 5.84. The van der Waals surface area contributed by atoms with Gasteiger partial charge < -0.3 is 29.7 Å². The zero-order chi connectivity index (χ0) is 23.0. The van der Waals surface area contributed by atoms with Crippen LogP contribution in [0.5, 0.6) is 17.2 Å². The van der Waals surface area contributed by atoms with Gasteiger partial charge in [-0.3, -0.25) is 14.7 Å². The van der Waals surface area contributed by atoms with E-state index < -0.39 is 5.41 Å². The van der Waals surface area contributed by atoms with E-state index in [-0.39, 0.29) is 5.91 Å². The topological polar surface area (TPSA) is 87.7 Å². The highest BCUT2D eigenvalue weighted by Crippen LogP contribution is 2.38. The third-order valence-corrected chi connectivity index (χ3v) is 5.54. The van der Waals surface area contributed by atoms with Crippen LogP contribution in [0.4, 0.5) is 0 Å². The minimum absolute atomic E-state index is 0.00520. The molecule has 1 aliphatic rings. The lowest BCUT2D eigenvalue weighted by molar-refractivity contribution is -0.128. The molecule has 1 amide bonds. The fourth-order valence-electron chi connectivity index (χ4n) is 3.65. The summed E-state index contributed by atoms with van der Waals surface area (Å²) in [7, 11) is 8.30. The summed E-state index contributed by atoms with van der Waals surface area (Å²) in [6.45, 7) is 8.65. The summed E-state index contributed by atoms with van der Waals surface area (Å²) in [4.78, 5) is 21.0. The minimum atomic E-state index is -0.515. The highest BCUT2D eigenvalue weighted by Gasteiger charge is 2.28. The first kappa shape index (κ1) is 24.6. The number of carbonyl (C=O) groups excluding carboxylic acids is 1. The molecule has 0 aliphatic carbocycles. The van der Waals surface area contributed by atoms with Gasteiger partial charge in [0.05, 0.1) is 26.7 Å². The van der Waals surface area contributed by atoms with E-state index in [1.807, 2.05) is 26.0 Å². The normalized spacial score (nSPS) is 15.5. The Bertz CT molecular complexity index is 748. The van der Waals surface area contributed by atoms with Crippen molar-refractivity contribution in [2.45, 2.75) is 20.4 Å². The van der Waals surface area contributed by atoms with Crippen LogP contribution >= 0.6 is 0 Å². The standard InChI is InChI=1S/C22H37N5O4/c1-22(2,20(28)23-3)15-25-21(24-4)27-10-8-26(9-11-27)14-16-12-17(29-5)19(31-7)18(13-16)30-6/h12-13H,8-11,14-15H2,1-7H3,(H,23,28)(H,24,25). The molecule has 1 aliphatic heterocycles. The van der Waals surface area contributed by atoms with Crippen LogP contribution in [0, 0.1) is 5.41 Å². The van der Waals surface area contributed by atoms with Crippen molar-refractivity contribution in [2.75, 3.05) is 68.1 Å². The van der Waals surface area contributed by atoms with E-state index in [0.29, 0.717) is 23.8 Å². The summed E-state index contributed by atoms with van der Waals surface area (Å²) in [5.74, 6) is 2.76. The molecule has 1 saturated heterocycles. The summed E-state index contributed by atoms with van der Waals surface area (Å²) in [5, 5.41) is 6.07. The van der Waals surface area contributed by atoms with E-state index in [0.717, 1.165) is 44.2 Å². The number of hydrogen-bond acceptors (Lipinski definition) is 6. The van der Waals surface area contributed by atoms with Crippen molar-refractivity contribution in [3.05, 3.63) is 17.7 Å². The molecule has 0 spiro atoms. The SMILES string of the molecule is CN=C(NCC(C)(C)C(=O)NC)N1CCN(Cc2cc(OC)c(OC)c(OC)c2)CC1. The van der Waals surface area contributed by atoms with Gasteiger partial charge in [-0.1, -0.05) is 0 Å². The summed E-state index contributed by atoms with van der Waals surface area (Å²) in [5.41, 5.74) is 0.594. The molecule has 1 heterocycles. The van der Waals surface area contributed by atoms with Crippen LogP contribution in [-0.2, 0) is 11.3 Å². The molecule has 9 heteroatoms. The zero-order valence-electron chi connectivity index (χ0n) is 19.9. The first-order valence-corrected chi connectivity index (χ1v) is 10.5. The number of rotatable bonds is 8.